The number of halogens is 3. The molecule has 0 aliphatic heterocycles. The summed E-state index contributed by atoms with van der Waals surface area (Å²) in [5, 5.41) is 2.60. The van der Waals surface area contributed by atoms with Crippen LogP contribution >= 0.6 is 11.6 Å². The van der Waals surface area contributed by atoms with Gasteiger partial charge in [-0.1, -0.05) is 0 Å². The van der Waals surface area contributed by atoms with E-state index in [2.05, 4.69) is 5.10 Å². The van der Waals surface area contributed by atoms with Gasteiger partial charge in [-0.05, 0) is 18.5 Å². The van der Waals surface area contributed by atoms with Crippen LogP contribution in [0.2, 0.25) is 0 Å². The van der Waals surface area contributed by atoms with Crippen molar-refractivity contribution in [1.82, 2.24) is 9.78 Å². The number of aromatic nitrogens is 2. The van der Waals surface area contributed by atoms with Crippen molar-refractivity contribution in [3.05, 3.63) is 17.5 Å². The number of hydrogen-bond donors (Lipinski definition) is 0. The molecule has 0 amide bonds. The van der Waals surface area contributed by atoms with Crippen LogP contribution in [0.3, 0.4) is 0 Å². The normalized spacial score (nSPS) is 10.8. The first-order valence-corrected chi connectivity index (χ1v) is 3.99. The summed E-state index contributed by atoms with van der Waals surface area (Å²) in [5.74, 6) is 0. The summed E-state index contributed by atoms with van der Waals surface area (Å²) in [4.78, 5) is 10.7. The van der Waals surface area contributed by atoms with E-state index >= 15 is 0 Å². The molecule has 0 bridgehead atoms. The lowest BCUT2D eigenvalue weighted by Gasteiger charge is -1.93. The first kappa shape index (κ1) is 10.1. The highest BCUT2D eigenvalue weighted by molar-refractivity contribution is 6.67. The summed E-state index contributed by atoms with van der Waals surface area (Å²) < 4.78 is 25.7. The first-order valence-electron chi connectivity index (χ1n) is 3.61. The van der Waals surface area contributed by atoms with Crippen LogP contribution in [0.4, 0.5) is 8.78 Å². The standard InChI is InChI=1S/C7H7ClF2N2O/c1-2-12-3-4(6(8)13)5(11-12)7(9)10/h3,7H,2H2,1H3. The second kappa shape index (κ2) is 3.83. The number of hydrogen-bond acceptors (Lipinski definition) is 2. The Balaban J connectivity index is 3.15. The summed E-state index contributed by atoms with van der Waals surface area (Å²) >= 11 is 5.10. The molecule has 6 heteroatoms. The fourth-order valence-electron chi connectivity index (χ4n) is 0.911. The summed E-state index contributed by atoms with van der Waals surface area (Å²) in [6.07, 6.45) is -1.55. The minimum absolute atomic E-state index is 0.224. The topological polar surface area (TPSA) is 34.9 Å². The highest BCUT2D eigenvalue weighted by atomic mass is 35.5. The van der Waals surface area contributed by atoms with E-state index in [0.717, 1.165) is 0 Å². The molecule has 1 rings (SSSR count). The maximum Gasteiger partial charge on any atom is 0.282 e. The van der Waals surface area contributed by atoms with Gasteiger partial charge in [0, 0.05) is 12.7 Å². The van der Waals surface area contributed by atoms with Crippen molar-refractivity contribution in [2.75, 3.05) is 0 Å². The molecule has 3 nitrogen and oxygen atoms in total. The fourth-order valence-corrected chi connectivity index (χ4v) is 1.06. The molecule has 0 unspecified atom stereocenters. The molecule has 0 aliphatic carbocycles. The van der Waals surface area contributed by atoms with Gasteiger partial charge in [-0.2, -0.15) is 5.10 Å². The van der Waals surface area contributed by atoms with Crippen molar-refractivity contribution >= 4 is 16.8 Å². The van der Waals surface area contributed by atoms with Gasteiger partial charge in [-0.15, -0.1) is 0 Å². The number of rotatable bonds is 3. The number of alkyl halides is 2. The quantitative estimate of drug-likeness (QED) is 0.714. The van der Waals surface area contributed by atoms with E-state index in [1.165, 1.54) is 10.9 Å². The molecule has 0 N–H and O–H groups in total. The predicted molar refractivity (Wildman–Crippen MR) is 43.0 cm³/mol. The molecule has 0 atom stereocenters. The molecular formula is C7H7ClF2N2O. The monoisotopic (exact) mass is 208 g/mol. The second-order valence-corrected chi connectivity index (χ2v) is 2.70. The van der Waals surface area contributed by atoms with Gasteiger partial charge >= 0.3 is 0 Å². The van der Waals surface area contributed by atoms with Crippen molar-refractivity contribution in [2.24, 2.45) is 0 Å². The number of carbonyl (C=O) groups excluding carboxylic acids is 1. The molecule has 1 heterocycles. The average Bonchev–Trinajstić information content (AvgIpc) is 2.47. The maximum absolute atomic E-state index is 12.3. The minimum atomic E-state index is -2.77. The zero-order chi connectivity index (χ0) is 10.0. The van der Waals surface area contributed by atoms with Gasteiger partial charge in [0.15, 0.2) is 0 Å². The van der Waals surface area contributed by atoms with E-state index in [1.807, 2.05) is 0 Å². The molecule has 0 radical (unpaired) electrons. The van der Waals surface area contributed by atoms with Gasteiger partial charge in [0.05, 0.1) is 5.56 Å². The van der Waals surface area contributed by atoms with Crippen LogP contribution in [0, 0.1) is 0 Å². The molecule has 1 aromatic heterocycles. The van der Waals surface area contributed by atoms with E-state index in [4.69, 9.17) is 11.6 Å². The van der Waals surface area contributed by atoms with Crippen LogP contribution in [0.5, 0.6) is 0 Å². The lowest BCUT2D eigenvalue weighted by molar-refractivity contribution is 0.106. The smallest absolute Gasteiger partial charge is 0.275 e. The van der Waals surface area contributed by atoms with Gasteiger partial charge in [0.2, 0.25) is 0 Å². The number of carbonyl (C=O) groups is 1. The van der Waals surface area contributed by atoms with Crippen LogP contribution in [-0.4, -0.2) is 15.0 Å². The number of nitrogens with zero attached hydrogens (tertiary/aromatic N) is 2. The van der Waals surface area contributed by atoms with Crippen LogP contribution in [0.1, 0.15) is 29.4 Å². The van der Waals surface area contributed by atoms with Crippen LogP contribution < -0.4 is 0 Å². The van der Waals surface area contributed by atoms with Crippen LogP contribution in [0.25, 0.3) is 0 Å². The molecular weight excluding hydrogens is 202 g/mol. The molecule has 1 aromatic rings. The third kappa shape index (κ3) is 2.03. The van der Waals surface area contributed by atoms with Crippen LogP contribution in [-0.2, 0) is 6.54 Å². The lowest BCUT2D eigenvalue weighted by Crippen LogP contribution is -1.96. The summed E-state index contributed by atoms with van der Waals surface area (Å²) in [6.45, 7) is 2.15. The Bertz CT molecular complexity index is 324. The average molecular weight is 209 g/mol. The van der Waals surface area contributed by atoms with E-state index in [9.17, 15) is 13.6 Å². The summed E-state index contributed by atoms with van der Waals surface area (Å²) in [5.41, 5.74) is -0.777. The highest BCUT2D eigenvalue weighted by Gasteiger charge is 2.21. The second-order valence-electron chi connectivity index (χ2n) is 2.36. The van der Waals surface area contributed by atoms with E-state index < -0.39 is 17.4 Å². The Labute approximate surface area is 78.3 Å². The van der Waals surface area contributed by atoms with Crippen molar-refractivity contribution in [1.29, 1.82) is 0 Å². The summed E-state index contributed by atoms with van der Waals surface area (Å²) in [6, 6.07) is 0. The Morgan fingerprint density at radius 1 is 1.77 bits per heavy atom. The SMILES string of the molecule is CCn1cc(C(=O)Cl)c(C(F)F)n1. The maximum atomic E-state index is 12.3. The van der Waals surface area contributed by atoms with Crippen molar-refractivity contribution in [3.8, 4) is 0 Å². The third-order valence-corrected chi connectivity index (χ3v) is 1.74. The largest absolute Gasteiger partial charge is 0.282 e. The van der Waals surface area contributed by atoms with Gasteiger partial charge in [-0.25, -0.2) is 8.78 Å². The van der Waals surface area contributed by atoms with E-state index in [-0.39, 0.29) is 5.56 Å². The van der Waals surface area contributed by atoms with E-state index in [1.54, 1.807) is 6.92 Å². The molecule has 0 spiro atoms. The summed E-state index contributed by atoms with van der Waals surface area (Å²) in [7, 11) is 0. The molecule has 0 saturated heterocycles. The lowest BCUT2D eigenvalue weighted by atomic mass is 10.3. The van der Waals surface area contributed by atoms with Gasteiger partial charge < -0.3 is 0 Å². The zero-order valence-corrected chi connectivity index (χ0v) is 7.55. The Morgan fingerprint density at radius 3 is 2.69 bits per heavy atom. The molecule has 72 valence electrons. The Kier molecular flexibility index (Phi) is 2.98. The van der Waals surface area contributed by atoms with Crippen molar-refractivity contribution in [2.45, 2.75) is 19.9 Å². The van der Waals surface area contributed by atoms with Gasteiger partial charge in [0.1, 0.15) is 5.69 Å². The Morgan fingerprint density at radius 2 is 2.38 bits per heavy atom. The molecule has 13 heavy (non-hydrogen) atoms. The van der Waals surface area contributed by atoms with Gasteiger partial charge in [-0.3, -0.25) is 9.48 Å². The predicted octanol–water partition coefficient (Wildman–Crippen LogP) is 2.22. The first-order chi connectivity index (χ1) is 6.06. The van der Waals surface area contributed by atoms with Crippen molar-refractivity contribution < 1.29 is 13.6 Å². The highest BCUT2D eigenvalue weighted by Crippen LogP contribution is 2.22. The molecule has 0 saturated carbocycles. The van der Waals surface area contributed by atoms with Gasteiger partial charge in [0.25, 0.3) is 11.7 Å². The Hall–Kier alpha value is -0.970. The van der Waals surface area contributed by atoms with Crippen molar-refractivity contribution in [3.63, 3.8) is 0 Å². The van der Waals surface area contributed by atoms with Crippen LogP contribution in [0.15, 0.2) is 6.20 Å². The minimum Gasteiger partial charge on any atom is -0.275 e. The van der Waals surface area contributed by atoms with E-state index in [0.29, 0.717) is 6.54 Å². The zero-order valence-electron chi connectivity index (χ0n) is 6.80. The number of aryl methyl sites for hydroxylation is 1. The fraction of sp³-hybridized carbons (Fsp3) is 0.429. The molecule has 0 aromatic carbocycles. The molecule has 0 aliphatic rings. The third-order valence-electron chi connectivity index (χ3n) is 1.53. The molecule has 0 fully saturated rings.